The number of Topliss-reactive ketones (excluding diaryl/α,β-unsaturated/α-hetero) is 2. The molecular formula is C33H28F9N5O2. The fraction of sp³-hybridized carbons (Fsp3) is 0.364. The lowest BCUT2D eigenvalue weighted by atomic mass is 9.86. The minimum absolute atomic E-state index is 0.0393. The Balaban J connectivity index is 1.63. The lowest BCUT2D eigenvalue weighted by Crippen LogP contribution is -2.33. The molecule has 1 aliphatic rings. The average Bonchev–Trinajstić information content (AvgIpc) is 3.40. The summed E-state index contributed by atoms with van der Waals surface area (Å²) in [6, 6.07) is 6.14. The van der Waals surface area contributed by atoms with Gasteiger partial charge in [0.15, 0.2) is 11.6 Å². The molecule has 0 fully saturated rings. The first-order valence-corrected chi connectivity index (χ1v) is 14.8. The van der Waals surface area contributed by atoms with Crippen molar-refractivity contribution >= 4 is 17.5 Å². The van der Waals surface area contributed by atoms with E-state index in [9.17, 15) is 40.3 Å². The molecular weight excluding hydrogens is 669 g/mol. The number of halogens is 9. The van der Waals surface area contributed by atoms with Gasteiger partial charge in [0.05, 0.1) is 16.8 Å². The number of rotatable bonds is 11. The Hall–Kier alpha value is -4.76. The number of carbonyl (C=O) groups is 2. The second-order valence-corrected chi connectivity index (χ2v) is 12.0. The molecule has 1 atom stereocenters. The van der Waals surface area contributed by atoms with E-state index in [0.717, 1.165) is 25.1 Å². The smallest absolute Gasteiger partial charge is 0.290 e. The molecule has 7 nitrogen and oxygen atoms in total. The summed E-state index contributed by atoms with van der Waals surface area (Å²) < 4.78 is 130. The predicted octanol–water partition coefficient (Wildman–Crippen LogP) is 7.93. The van der Waals surface area contributed by atoms with E-state index in [4.69, 9.17) is 0 Å². The fourth-order valence-electron chi connectivity index (χ4n) is 5.92. The van der Waals surface area contributed by atoms with Crippen molar-refractivity contribution in [2.75, 3.05) is 19.0 Å². The van der Waals surface area contributed by atoms with Crippen LogP contribution in [-0.2, 0) is 29.6 Å². The Morgan fingerprint density at radius 1 is 0.939 bits per heavy atom. The van der Waals surface area contributed by atoms with Gasteiger partial charge in [-0.1, -0.05) is 6.07 Å². The highest BCUT2D eigenvalue weighted by Gasteiger charge is 2.55. The van der Waals surface area contributed by atoms with E-state index in [1.807, 2.05) is 0 Å². The van der Waals surface area contributed by atoms with E-state index in [-0.39, 0.29) is 45.0 Å². The van der Waals surface area contributed by atoms with Crippen molar-refractivity contribution in [2.24, 2.45) is 0 Å². The van der Waals surface area contributed by atoms with E-state index in [1.165, 1.54) is 23.2 Å². The zero-order valence-electron chi connectivity index (χ0n) is 26.2. The first-order chi connectivity index (χ1) is 22.9. The third-order valence-corrected chi connectivity index (χ3v) is 8.10. The molecule has 0 N–H and O–H groups in total. The summed E-state index contributed by atoms with van der Waals surface area (Å²) in [7, 11) is 3.17. The van der Waals surface area contributed by atoms with Crippen LogP contribution < -0.4 is 4.90 Å². The van der Waals surface area contributed by atoms with Gasteiger partial charge in [0, 0.05) is 57.1 Å². The number of carbonyl (C=O) groups excluding carboxylic acids is 2. The fourth-order valence-corrected chi connectivity index (χ4v) is 5.92. The molecule has 0 radical (unpaired) electrons. The van der Waals surface area contributed by atoms with Gasteiger partial charge in [-0.3, -0.25) is 14.3 Å². The summed E-state index contributed by atoms with van der Waals surface area (Å²) >= 11 is 0. The first-order valence-electron chi connectivity index (χ1n) is 14.8. The zero-order valence-corrected chi connectivity index (χ0v) is 26.2. The molecule has 2 aromatic carbocycles. The molecule has 5 rings (SSSR count). The van der Waals surface area contributed by atoms with Crippen LogP contribution in [0.3, 0.4) is 0 Å². The van der Waals surface area contributed by atoms with Crippen LogP contribution in [0.2, 0.25) is 0 Å². The van der Waals surface area contributed by atoms with E-state index in [2.05, 4.69) is 15.1 Å². The maximum absolute atomic E-state index is 15.0. The monoisotopic (exact) mass is 697 g/mol. The minimum Gasteiger partial charge on any atom is -0.347 e. The topological polar surface area (TPSA) is 81.0 Å². The second kappa shape index (κ2) is 13.3. The Bertz CT molecular complexity index is 1910. The maximum Gasteiger partial charge on any atom is 0.290 e. The summed E-state index contributed by atoms with van der Waals surface area (Å²) in [6.45, 7) is 0.0162. The summed E-state index contributed by atoms with van der Waals surface area (Å²) in [5.74, 6) is -13.4. The summed E-state index contributed by atoms with van der Waals surface area (Å²) in [6.07, 6.45) is -6.05. The Morgan fingerprint density at radius 3 is 2.20 bits per heavy atom. The molecule has 0 saturated heterocycles. The van der Waals surface area contributed by atoms with Gasteiger partial charge in [0.2, 0.25) is 5.95 Å². The van der Waals surface area contributed by atoms with Gasteiger partial charge < -0.3 is 4.90 Å². The SMILES string of the molecule is CC(=O)c1cc(-c2cnc(N(C)C)nc2[C@@H](CC(=O)Cn2nc(C(F)F)c3c2C(F)(F)CCC3(F)F)Cc2cc(F)cc(F)c2)ccc1F. The van der Waals surface area contributed by atoms with Crippen LogP contribution in [0.25, 0.3) is 11.1 Å². The Kier molecular flexibility index (Phi) is 9.63. The Morgan fingerprint density at radius 2 is 1.59 bits per heavy atom. The highest BCUT2D eigenvalue weighted by atomic mass is 19.3. The van der Waals surface area contributed by atoms with Crippen molar-refractivity contribution in [1.29, 1.82) is 0 Å². The average molecular weight is 698 g/mol. The van der Waals surface area contributed by atoms with Crippen molar-refractivity contribution in [3.63, 3.8) is 0 Å². The lowest BCUT2D eigenvalue weighted by molar-refractivity contribution is -0.121. The van der Waals surface area contributed by atoms with Crippen molar-refractivity contribution in [1.82, 2.24) is 19.7 Å². The Labute approximate surface area is 273 Å². The summed E-state index contributed by atoms with van der Waals surface area (Å²) in [5, 5.41) is 3.33. The molecule has 260 valence electrons. The number of ketones is 2. The van der Waals surface area contributed by atoms with Gasteiger partial charge in [0.25, 0.3) is 18.3 Å². The number of hydrogen-bond acceptors (Lipinski definition) is 6. The molecule has 1 aliphatic carbocycles. The number of alkyl halides is 6. The van der Waals surface area contributed by atoms with Gasteiger partial charge in [-0.05, 0) is 48.7 Å². The summed E-state index contributed by atoms with van der Waals surface area (Å²) in [5.41, 5.74) is -4.46. The molecule has 0 bridgehead atoms. The third kappa shape index (κ3) is 7.32. The molecule has 16 heteroatoms. The van der Waals surface area contributed by atoms with E-state index in [0.29, 0.717) is 6.07 Å². The number of fused-ring (bicyclic) bond motifs is 1. The largest absolute Gasteiger partial charge is 0.347 e. The van der Waals surface area contributed by atoms with Crippen molar-refractivity contribution in [3.8, 4) is 11.1 Å². The quantitative estimate of drug-likeness (QED) is 0.117. The minimum atomic E-state index is -4.06. The number of anilines is 1. The molecule has 0 unspecified atom stereocenters. The molecule has 49 heavy (non-hydrogen) atoms. The lowest BCUT2D eigenvalue weighted by Gasteiger charge is -2.29. The number of nitrogens with zero attached hydrogens (tertiary/aromatic N) is 5. The van der Waals surface area contributed by atoms with Gasteiger partial charge in [0.1, 0.15) is 35.4 Å². The van der Waals surface area contributed by atoms with Crippen LogP contribution >= 0.6 is 0 Å². The van der Waals surface area contributed by atoms with Gasteiger partial charge in [-0.15, -0.1) is 0 Å². The van der Waals surface area contributed by atoms with Crippen molar-refractivity contribution in [3.05, 3.63) is 93.8 Å². The number of benzene rings is 2. The molecule has 0 aliphatic heterocycles. The third-order valence-electron chi connectivity index (χ3n) is 8.10. The summed E-state index contributed by atoms with van der Waals surface area (Å²) in [4.78, 5) is 36.1. The van der Waals surface area contributed by atoms with Crippen LogP contribution in [0, 0.1) is 17.5 Å². The van der Waals surface area contributed by atoms with E-state index >= 15 is 8.78 Å². The molecule has 2 heterocycles. The van der Waals surface area contributed by atoms with E-state index in [1.54, 1.807) is 14.1 Å². The van der Waals surface area contributed by atoms with Crippen molar-refractivity contribution < 1.29 is 49.1 Å². The number of hydrogen-bond donors (Lipinski definition) is 0. The van der Waals surface area contributed by atoms with E-state index < -0.39 is 96.0 Å². The van der Waals surface area contributed by atoms with Crippen LogP contribution in [0.5, 0.6) is 0 Å². The molecule has 0 amide bonds. The van der Waals surface area contributed by atoms with Gasteiger partial charge >= 0.3 is 0 Å². The van der Waals surface area contributed by atoms with Crippen LogP contribution in [-0.4, -0.2) is 45.4 Å². The van der Waals surface area contributed by atoms with Gasteiger partial charge in [-0.2, -0.15) is 13.9 Å². The highest BCUT2D eigenvalue weighted by molar-refractivity contribution is 5.95. The highest BCUT2D eigenvalue weighted by Crippen LogP contribution is 2.52. The van der Waals surface area contributed by atoms with Gasteiger partial charge in [-0.25, -0.2) is 40.7 Å². The zero-order chi connectivity index (χ0) is 36.0. The molecule has 4 aromatic rings. The van der Waals surface area contributed by atoms with Crippen LogP contribution in [0.15, 0.2) is 42.6 Å². The van der Waals surface area contributed by atoms with Crippen molar-refractivity contribution in [2.45, 2.75) is 63.3 Å². The standard InChI is InChI=1S/C33H28F9N5O2/c1-16(48)23-12-18(4-5-25(23)36)24-14-43-31(46(2)3)44-27(24)19(8-17-9-20(34)13-21(35)10-17)11-22(49)15-47-29-26(28(45-47)30(37)38)32(39,40)6-7-33(29,41)42/h4-5,9-10,12-14,19,30H,6-8,11,15H2,1-3H3/t19-/m1/s1. The normalized spacial score (nSPS) is 15.6. The number of aromatic nitrogens is 4. The molecule has 0 spiro atoms. The van der Waals surface area contributed by atoms with Crippen LogP contribution in [0.4, 0.5) is 45.5 Å². The second-order valence-electron chi connectivity index (χ2n) is 12.0. The molecule has 0 saturated carbocycles. The van der Waals surface area contributed by atoms with Crippen LogP contribution in [0.1, 0.15) is 77.1 Å². The molecule has 2 aromatic heterocycles. The predicted molar refractivity (Wildman–Crippen MR) is 158 cm³/mol. The first kappa shape index (κ1) is 35.5. The maximum atomic E-state index is 15.0.